The molecule has 0 bridgehead atoms. The highest BCUT2D eigenvalue weighted by atomic mass is 79.9. The van der Waals surface area contributed by atoms with Crippen LogP contribution in [0.25, 0.3) is 6.08 Å². The second-order valence-corrected chi connectivity index (χ2v) is 7.69. The van der Waals surface area contributed by atoms with E-state index < -0.39 is 16.7 Å². The van der Waals surface area contributed by atoms with Crippen LogP contribution in [-0.2, 0) is 4.79 Å². The Morgan fingerprint density at radius 1 is 1.00 bits per heavy atom. The Hall–Kier alpha value is -3.49. The lowest BCUT2D eigenvalue weighted by molar-refractivity contribution is -0.384. The average molecular weight is 501 g/mol. The van der Waals surface area contributed by atoms with Crippen molar-refractivity contribution >= 4 is 56.8 Å². The van der Waals surface area contributed by atoms with Gasteiger partial charge in [0.05, 0.1) is 4.92 Å². The zero-order chi connectivity index (χ0) is 22.4. The van der Waals surface area contributed by atoms with Crippen molar-refractivity contribution in [2.24, 2.45) is 0 Å². The van der Waals surface area contributed by atoms with Crippen molar-refractivity contribution < 1.29 is 14.5 Å². The summed E-state index contributed by atoms with van der Waals surface area (Å²) in [5.41, 5.74) is 0.918. The number of amides is 2. The van der Waals surface area contributed by atoms with Crippen LogP contribution in [0.2, 0.25) is 5.02 Å². The normalized spacial score (nSPS) is 11.0. The van der Waals surface area contributed by atoms with Gasteiger partial charge in [-0.3, -0.25) is 19.7 Å². The Labute approximate surface area is 191 Å². The van der Waals surface area contributed by atoms with Crippen LogP contribution in [0, 0.1) is 10.1 Å². The summed E-state index contributed by atoms with van der Waals surface area (Å²) < 4.78 is 0.840. The number of carbonyl (C=O) groups is 2. The molecule has 156 valence electrons. The summed E-state index contributed by atoms with van der Waals surface area (Å²) in [6.07, 6.45) is 1.36. The van der Waals surface area contributed by atoms with Gasteiger partial charge in [0, 0.05) is 32.9 Å². The van der Waals surface area contributed by atoms with Crippen LogP contribution in [0.4, 0.5) is 11.4 Å². The number of benzene rings is 3. The molecule has 0 radical (unpaired) electrons. The molecule has 0 unspecified atom stereocenters. The number of nitro benzene ring substituents is 1. The zero-order valence-corrected chi connectivity index (χ0v) is 18.2. The van der Waals surface area contributed by atoms with Gasteiger partial charge in [-0.05, 0) is 54.1 Å². The van der Waals surface area contributed by atoms with Crippen LogP contribution in [-0.4, -0.2) is 16.7 Å². The molecule has 0 atom stereocenters. The summed E-state index contributed by atoms with van der Waals surface area (Å²) in [4.78, 5) is 36.1. The lowest BCUT2D eigenvalue weighted by Gasteiger charge is -2.12. The van der Waals surface area contributed by atoms with Crippen molar-refractivity contribution in [1.82, 2.24) is 5.32 Å². The van der Waals surface area contributed by atoms with E-state index in [4.69, 9.17) is 11.6 Å². The van der Waals surface area contributed by atoms with E-state index >= 15 is 0 Å². The van der Waals surface area contributed by atoms with Gasteiger partial charge >= 0.3 is 0 Å². The fourth-order valence-corrected chi connectivity index (χ4v) is 3.06. The van der Waals surface area contributed by atoms with Crippen LogP contribution < -0.4 is 10.6 Å². The third kappa shape index (κ3) is 6.24. The molecule has 0 aliphatic carbocycles. The maximum atomic E-state index is 12.9. The minimum Gasteiger partial charge on any atom is -0.321 e. The van der Waals surface area contributed by atoms with Gasteiger partial charge in [-0.2, -0.15) is 0 Å². The summed E-state index contributed by atoms with van der Waals surface area (Å²) in [5.74, 6) is -1.14. The maximum absolute atomic E-state index is 12.9. The Morgan fingerprint density at radius 3 is 2.39 bits per heavy atom. The Morgan fingerprint density at radius 2 is 1.71 bits per heavy atom. The fraction of sp³-hybridized carbons (Fsp3) is 0. The van der Waals surface area contributed by atoms with Gasteiger partial charge in [-0.15, -0.1) is 0 Å². The molecular formula is C22H15BrClN3O4. The standard InChI is InChI=1S/C22H15BrClN3O4/c23-16-7-9-18(10-8-16)25-22(29)20(12-14-3-1-6-19(11-14)27(30)31)26-21(28)15-4-2-5-17(24)13-15/h1-13H,(H,25,29)(H,26,28)/b20-12-. The molecule has 0 aliphatic heterocycles. The summed E-state index contributed by atoms with van der Waals surface area (Å²) in [6.45, 7) is 0. The minimum atomic E-state index is -0.593. The number of hydrogen-bond donors (Lipinski definition) is 2. The number of anilines is 1. The molecule has 9 heteroatoms. The highest BCUT2D eigenvalue weighted by Gasteiger charge is 2.16. The molecule has 0 aromatic heterocycles. The van der Waals surface area contributed by atoms with Gasteiger partial charge in [0.1, 0.15) is 5.70 Å². The number of carbonyl (C=O) groups excluding carboxylic acids is 2. The Balaban J connectivity index is 1.93. The first kappa shape index (κ1) is 22.2. The molecule has 0 heterocycles. The minimum absolute atomic E-state index is 0.0895. The monoisotopic (exact) mass is 499 g/mol. The summed E-state index contributed by atoms with van der Waals surface area (Å²) in [5, 5.41) is 16.7. The third-order valence-corrected chi connectivity index (χ3v) is 4.84. The van der Waals surface area contributed by atoms with E-state index in [1.807, 2.05) is 0 Å². The molecule has 7 nitrogen and oxygen atoms in total. The third-order valence-electron chi connectivity index (χ3n) is 4.07. The van der Waals surface area contributed by atoms with Crippen molar-refractivity contribution in [3.8, 4) is 0 Å². The first-order valence-corrected chi connectivity index (χ1v) is 10.1. The predicted molar refractivity (Wildman–Crippen MR) is 123 cm³/mol. The number of hydrogen-bond acceptors (Lipinski definition) is 4. The van der Waals surface area contributed by atoms with Crippen molar-refractivity contribution in [1.29, 1.82) is 0 Å². The van der Waals surface area contributed by atoms with Crippen LogP contribution in [0.5, 0.6) is 0 Å². The number of rotatable bonds is 6. The van der Waals surface area contributed by atoms with E-state index in [9.17, 15) is 19.7 Å². The SMILES string of the molecule is O=C(Nc1ccc(Br)cc1)/C(=C/c1cccc([N+](=O)[O-])c1)NC(=O)c1cccc(Cl)c1. The van der Waals surface area contributed by atoms with E-state index in [-0.39, 0.29) is 16.9 Å². The van der Waals surface area contributed by atoms with Crippen molar-refractivity contribution in [3.63, 3.8) is 0 Å². The van der Waals surface area contributed by atoms with E-state index in [0.717, 1.165) is 4.47 Å². The van der Waals surface area contributed by atoms with E-state index in [0.29, 0.717) is 16.3 Å². The highest BCUT2D eigenvalue weighted by molar-refractivity contribution is 9.10. The van der Waals surface area contributed by atoms with Crippen molar-refractivity contribution in [2.45, 2.75) is 0 Å². The summed E-state index contributed by atoms with van der Waals surface area (Å²) in [7, 11) is 0. The second-order valence-electron chi connectivity index (χ2n) is 6.34. The molecule has 3 aromatic rings. The summed E-state index contributed by atoms with van der Waals surface area (Å²) in [6, 6.07) is 18.9. The quantitative estimate of drug-likeness (QED) is 0.268. The highest BCUT2D eigenvalue weighted by Crippen LogP contribution is 2.18. The molecule has 0 fully saturated rings. The molecule has 3 aromatic carbocycles. The van der Waals surface area contributed by atoms with Crippen molar-refractivity contribution in [3.05, 3.63) is 109 Å². The van der Waals surface area contributed by atoms with E-state index in [1.165, 1.54) is 30.3 Å². The molecule has 0 spiro atoms. The number of halogens is 2. The lowest BCUT2D eigenvalue weighted by Crippen LogP contribution is -2.30. The van der Waals surface area contributed by atoms with E-state index in [1.54, 1.807) is 48.5 Å². The van der Waals surface area contributed by atoms with Gasteiger partial charge in [0.2, 0.25) is 0 Å². The fourth-order valence-electron chi connectivity index (χ4n) is 2.61. The molecule has 0 aliphatic rings. The van der Waals surface area contributed by atoms with Crippen LogP contribution >= 0.6 is 27.5 Å². The van der Waals surface area contributed by atoms with Gasteiger partial charge in [0.15, 0.2) is 0 Å². The van der Waals surface area contributed by atoms with Gasteiger partial charge in [-0.1, -0.05) is 45.7 Å². The smallest absolute Gasteiger partial charge is 0.272 e. The topological polar surface area (TPSA) is 101 Å². The lowest BCUT2D eigenvalue weighted by atomic mass is 10.1. The van der Waals surface area contributed by atoms with Crippen LogP contribution in [0.1, 0.15) is 15.9 Å². The van der Waals surface area contributed by atoms with Crippen LogP contribution in [0.15, 0.2) is 83.0 Å². The average Bonchev–Trinajstić information content (AvgIpc) is 2.75. The maximum Gasteiger partial charge on any atom is 0.272 e. The van der Waals surface area contributed by atoms with Gasteiger partial charge in [0.25, 0.3) is 17.5 Å². The summed E-state index contributed by atoms with van der Waals surface area (Å²) >= 11 is 9.26. The van der Waals surface area contributed by atoms with Gasteiger partial charge < -0.3 is 10.6 Å². The van der Waals surface area contributed by atoms with Gasteiger partial charge in [-0.25, -0.2) is 0 Å². The predicted octanol–water partition coefficient (Wildman–Crippen LogP) is 5.42. The Kier molecular flexibility index (Phi) is 7.17. The largest absolute Gasteiger partial charge is 0.321 e. The molecule has 31 heavy (non-hydrogen) atoms. The first-order chi connectivity index (χ1) is 14.8. The molecule has 3 rings (SSSR count). The van der Waals surface area contributed by atoms with Crippen molar-refractivity contribution in [2.75, 3.05) is 5.32 Å². The van der Waals surface area contributed by atoms with E-state index in [2.05, 4.69) is 26.6 Å². The number of non-ortho nitro benzene ring substituents is 1. The number of nitrogens with zero attached hydrogens (tertiary/aromatic N) is 1. The Bertz CT molecular complexity index is 1180. The molecule has 2 N–H and O–H groups in total. The number of nitro groups is 1. The molecule has 2 amide bonds. The first-order valence-electron chi connectivity index (χ1n) is 8.92. The van der Waals surface area contributed by atoms with Crippen LogP contribution in [0.3, 0.4) is 0 Å². The molecular weight excluding hydrogens is 486 g/mol. The zero-order valence-electron chi connectivity index (χ0n) is 15.8. The molecule has 0 saturated heterocycles. The molecule has 0 saturated carbocycles. The second kappa shape index (κ2) is 10.0. The number of nitrogens with one attached hydrogen (secondary N) is 2.